The minimum Gasteiger partial charge on any atom is -0.491 e. The van der Waals surface area contributed by atoms with Crippen LogP contribution in [0, 0.1) is 13.8 Å². The lowest BCUT2D eigenvalue weighted by Gasteiger charge is -2.13. The molecule has 174 valence electrons. The highest BCUT2D eigenvalue weighted by Gasteiger charge is 2.12. The number of nitrogens with zero attached hydrogens (tertiary/aromatic N) is 1. The van der Waals surface area contributed by atoms with Crippen LogP contribution in [-0.2, 0) is 0 Å². The molecule has 34 heavy (non-hydrogen) atoms. The smallest absolute Gasteiger partial charge is 0.257 e. The van der Waals surface area contributed by atoms with Crippen LogP contribution in [0.2, 0.25) is 0 Å². The van der Waals surface area contributed by atoms with Crippen LogP contribution >= 0.6 is 12.2 Å². The van der Waals surface area contributed by atoms with Gasteiger partial charge in [-0.05, 0) is 105 Å². The molecule has 2 N–H and O–H groups in total. The second kappa shape index (κ2) is 10.1. The van der Waals surface area contributed by atoms with Crippen LogP contribution in [0.25, 0.3) is 22.6 Å². The molecule has 4 aromatic rings. The van der Waals surface area contributed by atoms with Gasteiger partial charge in [-0.3, -0.25) is 10.1 Å². The summed E-state index contributed by atoms with van der Waals surface area (Å²) in [5.74, 6) is 0.958. The summed E-state index contributed by atoms with van der Waals surface area (Å²) in [5, 5.41) is 5.97. The molecule has 1 amide bonds. The zero-order chi connectivity index (χ0) is 24.2. The topological polar surface area (TPSA) is 76.4 Å². The number of aromatic nitrogens is 1. The monoisotopic (exact) mass is 473 g/mol. The van der Waals surface area contributed by atoms with Gasteiger partial charge in [0.05, 0.1) is 6.10 Å². The Balaban J connectivity index is 1.42. The quantitative estimate of drug-likeness (QED) is 0.315. The number of hydrogen-bond acceptors (Lipinski definition) is 5. The van der Waals surface area contributed by atoms with Crippen LogP contribution in [-0.4, -0.2) is 22.1 Å². The van der Waals surface area contributed by atoms with E-state index in [4.69, 9.17) is 21.4 Å². The molecule has 1 atom stereocenters. The molecule has 0 aliphatic rings. The summed E-state index contributed by atoms with van der Waals surface area (Å²) in [6.07, 6.45) is 1.03. The summed E-state index contributed by atoms with van der Waals surface area (Å²) in [7, 11) is 0. The molecule has 4 rings (SSSR count). The average molecular weight is 474 g/mol. The van der Waals surface area contributed by atoms with E-state index in [1.165, 1.54) is 5.56 Å². The number of nitrogens with one attached hydrogen (secondary N) is 2. The Morgan fingerprint density at radius 3 is 2.56 bits per heavy atom. The van der Waals surface area contributed by atoms with Gasteiger partial charge < -0.3 is 14.5 Å². The van der Waals surface area contributed by atoms with Crippen molar-refractivity contribution < 1.29 is 13.9 Å². The number of hydrogen-bond donors (Lipinski definition) is 2. The lowest BCUT2D eigenvalue weighted by molar-refractivity contribution is 0.0977. The van der Waals surface area contributed by atoms with E-state index in [2.05, 4.69) is 29.5 Å². The fourth-order valence-corrected chi connectivity index (χ4v) is 3.58. The van der Waals surface area contributed by atoms with E-state index in [1.54, 1.807) is 24.3 Å². The molecule has 0 spiro atoms. The molecule has 0 aliphatic heterocycles. The Bertz CT molecular complexity index is 1310. The Hall–Kier alpha value is -3.71. The average Bonchev–Trinajstić information content (AvgIpc) is 3.22. The van der Waals surface area contributed by atoms with Crippen molar-refractivity contribution in [3.8, 4) is 17.2 Å². The van der Waals surface area contributed by atoms with Gasteiger partial charge in [0, 0.05) is 16.8 Å². The summed E-state index contributed by atoms with van der Waals surface area (Å²) in [4.78, 5) is 17.2. The third-order valence-electron chi connectivity index (χ3n) is 5.63. The molecule has 3 aromatic carbocycles. The summed E-state index contributed by atoms with van der Waals surface area (Å²) in [5.41, 5.74) is 5.91. The Morgan fingerprint density at radius 2 is 1.82 bits per heavy atom. The molecule has 0 bridgehead atoms. The molecule has 1 aromatic heterocycles. The van der Waals surface area contributed by atoms with Gasteiger partial charge in [-0.1, -0.05) is 13.0 Å². The highest BCUT2D eigenvalue weighted by Crippen LogP contribution is 2.28. The van der Waals surface area contributed by atoms with E-state index in [1.807, 2.05) is 50.2 Å². The van der Waals surface area contributed by atoms with Crippen LogP contribution in [0.1, 0.15) is 41.8 Å². The zero-order valence-corrected chi connectivity index (χ0v) is 20.5. The van der Waals surface area contributed by atoms with E-state index in [0.717, 1.165) is 40.1 Å². The van der Waals surface area contributed by atoms with Crippen molar-refractivity contribution in [1.29, 1.82) is 0 Å². The number of carbonyl (C=O) groups excluding carboxylic acids is 1. The predicted octanol–water partition coefficient (Wildman–Crippen LogP) is 6.42. The minimum absolute atomic E-state index is 0.121. The maximum atomic E-state index is 12.6. The zero-order valence-electron chi connectivity index (χ0n) is 19.6. The van der Waals surface area contributed by atoms with Crippen molar-refractivity contribution in [2.75, 3.05) is 5.32 Å². The summed E-state index contributed by atoms with van der Waals surface area (Å²) < 4.78 is 11.7. The number of benzene rings is 3. The summed E-state index contributed by atoms with van der Waals surface area (Å²) in [6.45, 7) is 8.17. The number of fused-ring (bicyclic) bond motifs is 1. The standard InChI is InChI=1S/C27H27N3O3S/c1-5-18(4)32-22-11-9-19(10-12-22)25(31)30-27(34)28-21-8-6-7-20(15-21)26-29-23-13-16(2)17(3)14-24(23)33-26/h6-15,18H,5H2,1-4H3,(H2,28,30,31,34)/t18-/m1/s1. The Kier molecular flexibility index (Phi) is 6.93. The van der Waals surface area contributed by atoms with E-state index < -0.39 is 0 Å². The molecule has 0 saturated heterocycles. The van der Waals surface area contributed by atoms with Crippen LogP contribution in [0.15, 0.2) is 65.1 Å². The number of thiocarbonyl (C=S) groups is 1. The number of amides is 1. The van der Waals surface area contributed by atoms with Gasteiger partial charge in [-0.25, -0.2) is 4.98 Å². The third kappa shape index (κ3) is 5.43. The van der Waals surface area contributed by atoms with E-state index >= 15 is 0 Å². The molecule has 0 aliphatic carbocycles. The van der Waals surface area contributed by atoms with Crippen molar-refractivity contribution in [3.05, 3.63) is 77.4 Å². The molecule has 0 radical (unpaired) electrons. The molecule has 0 fully saturated rings. The minimum atomic E-state index is -0.298. The van der Waals surface area contributed by atoms with Crippen molar-refractivity contribution in [3.63, 3.8) is 0 Å². The highest BCUT2D eigenvalue weighted by atomic mass is 32.1. The highest BCUT2D eigenvalue weighted by molar-refractivity contribution is 7.80. The van der Waals surface area contributed by atoms with Gasteiger partial charge >= 0.3 is 0 Å². The molecular weight excluding hydrogens is 446 g/mol. The van der Waals surface area contributed by atoms with Gasteiger partial charge in [0.2, 0.25) is 5.89 Å². The van der Waals surface area contributed by atoms with Crippen LogP contribution in [0.5, 0.6) is 5.75 Å². The van der Waals surface area contributed by atoms with Gasteiger partial charge in [-0.2, -0.15) is 0 Å². The van der Waals surface area contributed by atoms with Crippen molar-refractivity contribution >= 4 is 40.0 Å². The van der Waals surface area contributed by atoms with Crippen molar-refractivity contribution in [2.24, 2.45) is 0 Å². The predicted molar refractivity (Wildman–Crippen MR) is 139 cm³/mol. The first-order chi connectivity index (χ1) is 16.3. The molecular formula is C27H27N3O3S. The van der Waals surface area contributed by atoms with E-state index in [-0.39, 0.29) is 17.1 Å². The van der Waals surface area contributed by atoms with Gasteiger partial charge in [0.25, 0.3) is 5.91 Å². The van der Waals surface area contributed by atoms with Crippen molar-refractivity contribution in [1.82, 2.24) is 10.3 Å². The van der Waals surface area contributed by atoms with E-state index in [0.29, 0.717) is 11.5 Å². The largest absolute Gasteiger partial charge is 0.491 e. The lowest BCUT2D eigenvalue weighted by Crippen LogP contribution is -2.34. The van der Waals surface area contributed by atoms with Gasteiger partial charge in [0.15, 0.2) is 10.7 Å². The maximum Gasteiger partial charge on any atom is 0.257 e. The number of ether oxygens (including phenoxy) is 1. The van der Waals surface area contributed by atoms with Crippen LogP contribution in [0.4, 0.5) is 5.69 Å². The Labute approximate surface area is 204 Å². The fraction of sp³-hybridized carbons (Fsp3) is 0.222. The van der Waals surface area contributed by atoms with Crippen LogP contribution in [0.3, 0.4) is 0 Å². The number of carbonyl (C=O) groups is 1. The number of aryl methyl sites for hydroxylation is 2. The van der Waals surface area contributed by atoms with Crippen LogP contribution < -0.4 is 15.4 Å². The first kappa shape index (κ1) is 23.4. The molecule has 6 nitrogen and oxygen atoms in total. The molecule has 0 saturated carbocycles. The number of rotatable bonds is 6. The number of oxazole rings is 1. The van der Waals surface area contributed by atoms with Gasteiger partial charge in [-0.15, -0.1) is 0 Å². The van der Waals surface area contributed by atoms with Gasteiger partial charge in [0.1, 0.15) is 11.3 Å². The second-order valence-corrected chi connectivity index (χ2v) is 8.68. The summed E-state index contributed by atoms with van der Waals surface area (Å²) in [6, 6.07) is 18.5. The third-order valence-corrected chi connectivity index (χ3v) is 5.83. The Morgan fingerprint density at radius 1 is 1.09 bits per heavy atom. The molecule has 1 heterocycles. The summed E-state index contributed by atoms with van der Waals surface area (Å²) >= 11 is 5.35. The van der Waals surface area contributed by atoms with Crippen molar-refractivity contribution in [2.45, 2.75) is 40.2 Å². The fourth-order valence-electron chi connectivity index (χ4n) is 3.37. The normalized spacial score (nSPS) is 11.8. The second-order valence-electron chi connectivity index (χ2n) is 8.27. The van der Waals surface area contributed by atoms with E-state index in [9.17, 15) is 4.79 Å². The number of anilines is 1. The SMILES string of the molecule is CC[C@@H](C)Oc1ccc(C(=O)NC(=S)Nc2cccc(-c3nc4cc(C)c(C)cc4o3)c2)cc1. The molecule has 0 unspecified atom stereocenters. The first-order valence-electron chi connectivity index (χ1n) is 11.2. The molecule has 7 heteroatoms. The lowest BCUT2D eigenvalue weighted by atomic mass is 10.1. The maximum absolute atomic E-state index is 12.6. The first-order valence-corrected chi connectivity index (χ1v) is 11.6.